The molecule has 0 aromatic carbocycles. The summed E-state index contributed by atoms with van der Waals surface area (Å²) < 4.78 is 33.5. The fourth-order valence-electron chi connectivity index (χ4n) is 2.23. The molecule has 0 aliphatic heterocycles. The molecule has 3 rings (SSSR count). The maximum absolute atomic E-state index is 12.7. The van der Waals surface area contributed by atoms with Crippen molar-refractivity contribution >= 4 is 44.5 Å². The van der Waals surface area contributed by atoms with Crippen molar-refractivity contribution in [2.45, 2.75) is 20.0 Å². The molecule has 1 aliphatic rings. The monoisotopic (exact) mass is 422 g/mol. The molecule has 27 heavy (non-hydrogen) atoms. The Balaban J connectivity index is 1.86. The number of hydrogen-bond acceptors (Lipinski definition) is 7. The third-order valence-electron chi connectivity index (χ3n) is 3.51. The van der Waals surface area contributed by atoms with E-state index in [1.807, 2.05) is 6.07 Å². The molecule has 10 heteroatoms. The summed E-state index contributed by atoms with van der Waals surface area (Å²) in [6.45, 7) is 1.89. The number of pyridine rings is 1. The quantitative estimate of drug-likeness (QED) is 0.714. The molecular formula is C17H15ClN4O3S2. The maximum atomic E-state index is 12.7. The predicted octanol–water partition coefficient (Wildman–Crippen LogP) is 3.28. The number of anilines is 1. The summed E-state index contributed by atoms with van der Waals surface area (Å²) in [6, 6.07) is 3.61. The van der Waals surface area contributed by atoms with Gasteiger partial charge in [-0.15, -0.1) is 0 Å². The molecule has 0 fully saturated rings. The van der Waals surface area contributed by atoms with Crippen molar-refractivity contribution in [2.24, 2.45) is 0 Å². The van der Waals surface area contributed by atoms with Crippen molar-refractivity contribution in [1.82, 2.24) is 15.0 Å². The van der Waals surface area contributed by atoms with Gasteiger partial charge in [0, 0.05) is 34.3 Å². The van der Waals surface area contributed by atoms with Crippen LogP contribution in [0.15, 0.2) is 52.8 Å². The van der Waals surface area contributed by atoms with E-state index in [1.165, 1.54) is 12.3 Å². The van der Waals surface area contributed by atoms with Crippen LogP contribution in [0.5, 0.6) is 5.88 Å². The number of halogens is 1. The van der Waals surface area contributed by atoms with Crippen molar-refractivity contribution < 1.29 is 13.2 Å². The summed E-state index contributed by atoms with van der Waals surface area (Å²) in [5.74, 6) is 0.0326. The van der Waals surface area contributed by atoms with E-state index in [0.29, 0.717) is 10.7 Å². The number of hydrogen-bond donors (Lipinski definition) is 1. The fraction of sp³-hybridized carbons (Fsp3) is 0.176. The first kappa shape index (κ1) is 19.4. The van der Waals surface area contributed by atoms with E-state index < -0.39 is 10.0 Å². The zero-order valence-corrected chi connectivity index (χ0v) is 16.6. The molecule has 0 bridgehead atoms. The van der Waals surface area contributed by atoms with Gasteiger partial charge in [-0.3, -0.25) is 9.71 Å². The molecule has 0 saturated carbocycles. The van der Waals surface area contributed by atoms with Gasteiger partial charge >= 0.3 is 0 Å². The second-order valence-electron chi connectivity index (χ2n) is 5.65. The Morgan fingerprint density at radius 3 is 2.93 bits per heavy atom. The van der Waals surface area contributed by atoms with Crippen LogP contribution in [0.1, 0.15) is 17.7 Å². The van der Waals surface area contributed by atoms with Gasteiger partial charge in [-0.05, 0) is 19.1 Å². The second-order valence-corrected chi connectivity index (χ2v) is 8.23. The smallest absolute Gasteiger partial charge is 0.264 e. The number of allylic oxidation sites excluding steroid dienone is 4. The fourth-order valence-corrected chi connectivity index (χ4v) is 4.12. The zero-order chi connectivity index (χ0) is 19.4. The Morgan fingerprint density at radius 1 is 1.37 bits per heavy atom. The van der Waals surface area contributed by atoms with Gasteiger partial charge in [-0.1, -0.05) is 36.0 Å². The van der Waals surface area contributed by atoms with Crippen LogP contribution in [0.2, 0.25) is 0 Å². The van der Waals surface area contributed by atoms with Crippen molar-refractivity contribution in [3.63, 3.8) is 0 Å². The lowest BCUT2D eigenvalue weighted by Crippen LogP contribution is -2.22. The van der Waals surface area contributed by atoms with Crippen molar-refractivity contribution in [3.05, 3.63) is 64.1 Å². The lowest BCUT2D eigenvalue weighted by atomic mass is 10.2. The van der Waals surface area contributed by atoms with Crippen molar-refractivity contribution in [3.8, 4) is 5.88 Å². The first-order valence-corrected chi connectivity index (χ1v) is 10.1. The molecule has 0 amide bonds. The van der Waals surface area contributed by atoms with Gasteiger partial charge in [0.2, 0.25) is 5.82 Å². The Bertz CT molecular complexity index is 1040. The van der Waals surface area contributed by atoms with Crippen LogP contribution in [0.4, 0.5) is 5.82 Å². The summed E-state index contributed by atoms with van der Waals surface area (Å²) >= 11 is 11.1. The maximum Gasteiger partial charge on any atom is 0.264 e. The number of rotatable bonds is 6. The summed E-state index contributed by atoms with van der Waals surface area (Å²) in [6.07, 6.45) is 7.98. The highest BCUT2D eigenvalue weighted by Gasteiger charge is 2.26. The second kappa shape index (κ2) is 8.12. The standard InChI is InChI=1S/C17H15ClN4O3S2/c1-11-8-20-16(17(21-11)25-10-12-3-2-6-19-9-12)22-27(23,24)15-7-13(18)4-5-14(15)26/h2-4,6-9H,5,10H2,1H3,(H,20,22). The van der Waals surface area contributed by atoms with Crippen molar-refractivity contribution in [2.75, 3.05) is 4.72 Å². The number of thiocarbonyl (C=S) groups is 1. The SMILES string of the molecule is Cc1cnc(NS(=O)(=O)C2=CC(Cl)=CCC2=S)c(OCc2cccnc2)n1. The summed E-state index contributed by atoms with van der Waals surface area (Å²) in [5.41, 5.74) is 1.39. The number of nitrogens with one attached hydrogen (secondary N) is 1. The predicted molar refractivity (Wildman–Crippen MR) is 107 cm³/mol. The van der Waals surface area contributed by atoms with Crippen LogP contribution >= 0.6 is 23.8 Å². The number of aryl methyl sites for hydroxylation is 1. The van der Waals surface area contributed by atoms with Crippen LogP contribution in [0, 0.1) is 6.92 Å². The molecule has 0 atom stereocenters. The Kier molecular flexibility index (Phi) is 5.83. The normalized spacial score (nSPS) is 14.4. The van der Waals surface area contributed by atoms with E-state index >= 15 is 0 Å². The lowest BCUT2D eigenvalue weighted by molar-refractivity contribution is 0.293. The van der Waals surface area contributed by atoms with Gasteiger partial charge in [0.25, 0.3) is 15.9 Å². The lowest BCUT2D eigenvalue weighted by Gasteiger charge is -2.16. The molecule has 2 aromatic heterocycles. The van der Waals surface area contributed by atoms with Gasteiger partial charge in [-0.2, -0.15) is 0 Å². The molecule has 140 valence electrons. The molecular weight excluding hydrogens is 408 g/mol. The first-order valence-electron chi connectivity index (χ1n) is 7.84. The van der Waals surface area contributed by atoms with Crippen LogP contribution < -0.4 is 9.46 Å². The average molecular weight is 423 g/mol. The van der Waals surface area contributed by atoms with E-state index in [-0.39, 0.29) is 34.5 Å². The third kappa shape index (κ3) is 4.88. The Morgan fingerprint density at radius 2 is 2.19 bits per heavy atom. The number of nitrogens with zero attached hydrogens (tertiary/aromatic N) is 3. The number of ether oxygens (including phenoxy) is 1. The highest BCUT2D eigenvalue weighted by atomic mass is 35.5. The van der Waals surface area contributed by atoms with Crippen LogP contribution in [0.25, 0.3) is 0 Å². The highest BCUT2D eigenvalue weighted by Crippen LogP contribution is 2.27. The van der Waals surface area contributed by atoms with Gasteiger partial charge < -0.3 is 4.74 Å². The third-order valence-corrected chi connectivity index (χ3v) is 5.69. The van der Waals surface area contributed by atoms with E-state index in [4.69, 9.17) is 28.6 Å². The molecule has 0 unspecified atom stereocenters. The van der Waals surface area contributed by atoms with Gasteiger partial charge in [0.1, 0.15) is 11.5 Å². The van der Waals surface area contributed by atoms with Crippen LogP contribution in [0.3, 0.4) is 0 Å². The largest absolute Gasteiger partial charge is 0.470 e. The van der Waals surface area contributed by atoms with E-state index in [9.17, 15) is 8.42 Å². The van der Waals surface area contributed by atoms with Crippen molar-refractivity contribution in [1.29, 1.82) is 0 Å². The molecule has 2 aromatic rings. The minimum Gasteiger partial charge on any atom is -0.470 e. The minimum atomic E-state index is -3.99. The Hall–Kier alpha value is -2.36. The molecule has 7 nitrogen and oxygen atoms in total. The molecule has 0 radical (unpaired) electrons. The Labute approximate surface area is 167 Å². The molecule has 1 N–H and O–H groups in total. The highest BCUT2D eigenvalue weighted by molar-refractivity contribution is 7.99. The summed E-state index contributed by atoms with van der Waals surface area (Å²) in [7, 11) is -3.99. The molecule has 1 aliphatic carbocycles. The van der Waals surface area contributed by atoms with Gasteiger partial charge in [0.15, 0.2) is 0 Å². The van der Waals surface area contributed by atoms with Crippen LogP contribution in [-0.4, -0.2) is 28.2 Å². The average Bonchev–Trinajstić information content (AvgIpc) is 2.64. The number of aromatic nitrogens is 3. The molecule has 0 saturated heterocycles. The molecule has 0 spiro atoms. The van der Waals surface area contributed by atoms with E-state index in [1.54, 1.807) is 31.5 Å². The zero-order valence-electron chi connectivity index (χ0n) is 14.2. The van der Waals surface area contributed by atoms with Gasteiger partial charge in [0.05, 0.1) is 11.9 Å². The van der Waals surface area contributed by atoms with Crippen LogP contribution in [-0.2, 0) is 16.6 Å². The van der Waals surface area contributed by atoms with E-state index in [2.05, 4.69) is 19.7 Å². The summed E-state index contributed by atoms with van der Waals surface area (Å²) in [4.78, 5) is 12.5. The first-order chi connectivity index (χ1) is 12.8. The molecule has 2 heterocycles. The summed E-state index contributed by atoms with van der Waals surface area (Å²) in [5, 5.41) is 0.312. The number of sulfonamides is 1. The van der Waals surface area contributed by atoms with Gasteiger partial charge in [-0.25, -0.2) is 18.4 Å². The topological polar surface area (TPSA) is 94.1 Å². The van der Waals surface area contributed by atoms with E-state index in [0.717, 1.165) is 5.56 Å². The minimum absolute atomic E-state index is 0.0288.